The summed E-state index contributed by atoms with van der Waals surface area (Å²) < 4.78 is 39.5. The molecule has 7 heteroatoms. The summed E-state index contributed by atoms with van der Waals surface area (Å²) >= 11 is 5.87. The van der Waals surface area contributed by atoms with Crippen LogP contribution < -0.4 is 4.72 Å². The summed E-state index contributed by atoms with van der Waals surface area (Å²) in [4.78, 5) is -0.226. The molecule has 2 rings (SSSR count). The van der Waals surface area contributed by atoms with Gasteiger partial charge in [-0.25, -0.2) is 12.8 Å². The second kappa shape index (κ2) is 5.49. The first-order chi connectivity index (χ1) is 9.42. The van der Waals surface area contributed by atoms with Crippen LogP contribution in [0.25, 0.3) is 0 Å². The van der Waals surface area contributed by atoms with Gasteiger partial charge in [0.05, 0.1) is 27.2 Å². The van der Waals surface area contributed by atoms with Crippen LogP contribution in [-0.2, 0) is 10.0 Å². The smallest absolute Gasteiger partial charge is 0.262 e. The molecule has 0 fully saturated rings. The van der Waals surface area contributed by atoms with Crippen molar-refractivity contribution >= 4 is 27.3 Å². The number of rotatable bonds is 3. The zero-order valence-corrected chi connectivity index (χ0v) is 11.5. The molecule has 0 aromatic heterocycles. The molecule has 0 spiro atoms. The van der Waals surface area contributed by atoms with Crippen molar-refractivity contribution in [2.45, 2.75) is 4.90 Å². The van der Waals surface area contributed by atoms with Gasteiger partial charge in [0, 0.05) is 0 Å². The molecule has 2 aromatic rings. The summed E-state index contributed by atoms with van der Waals surface area (Å²) in [5, 5.41) is 8.93. The lowest BCUT2D eigenvalue weighted by atomic mass is 10.2. The first-order valence-electron chi connectivity index (χ1n) is 5.40. The van der Waals surface area contributed by atoms with Crippen molar-refractivity contribution in [2.24, 2.45) is 0 Å². The number of nitrogens with one attached hydrogen (secondary N) is 1. The fourth-order valence-corrected chi connectivity index (χ4v) is 2.83. The van der Waals surface area contributed by atoms with Crippen molar-refractivity contribution in [3.63, 3.8) is 0 Å². The first kappa shape index (κ1) is 14.3. The highest BCUT2D eigenvalue weighted by atomic mass is 35.5. The Morgan fingerprint density at radius 2 is 1.95 bits per heavy atom. The lowest BCUT2D eigenvalue weighted by Crippen LogP contribution is -2.13. The van der Waals surface area contributed by atoms with Crippen LogP contribution in [0.15, 0.2) is 47.4 Å². The Morgan fingerprint density at radius 3 is 2.60 bits per heavy atom. The van der Waals surface area contributed by atoms with Gasteiger partial charge in [-0.05, 0) is 36.4 Å². The van der Waals surface area contributed by atoms with Gasteiger partial charge < -0.3 is 0 Å². The Hall–Kier alpha value is -2.10. The number of hydrogen-bond acceptors (Lipinski definition) is 3. The van der Waals surface area contributed by atoms with E-state index in [2.05, 4.69) is 4.72 Å². The van der Waals surface area contributed by atoms with Crippen LogP contribution in [0.2, 0.25) is 5.02 Å². The summed E-state index contributed by atoms with van der Waals surface area (Å²) in [6, 6.07) is 10.6. The van der Waals surface area contributed by atoms with Crippen molar-refractivity contribution in [1.82, 2.24) is 0 Å². The lowest BCUT2D eigenvalue weighted by Gasteiger charge is -2.10. The number of benzene rings is 2. The Balaban J connectivity index is 2.41. The van der Waals surface area contributed by atoms with Crippen molar-refractivity contribution in [2.75, 3.05) is 4.72 Å². The molecular weight excluding hydrogens is 303 g/mol. The van der Waals surface area contributed by atoms with E-state index in [1.807, 2.05) is 6.07 Å². The maximum absolute atomic E-state index is 13.1. The van der Waals surface area contributed by atoms with Crippen molar-refractivity contribution in [3.05, 3.63) is 58.9 Å². The van der Waals surface area contributed by atoms with E-state index in [9.17, 15) is 12.8 Å². The van der Waals surface area contributed by atoms with Gasteiger partial charge in [-0.15, -0.1) is 0 Å². The maximum atomic E-state index is 13.1. The van der Waals surface area contributed by atoms with Gasteiger partial charge in [0.25, 0.3) is 10.0 Å². The first-order valence-corrected chi connectivity index (χ1v) is 7.26. The topological polar surface area (TPSA) is 70.0 Å². The summed E-state index contributed by atoms with van der Waals surface area (Å²) in [7, 11) is -3.97. The van der Waals surface area contributed by atoms with E-state index in [1.165, 1.54) is 30.3 Å². The third-order valence-electron chi connectivity index (χ3n) is 2.45. The van der Waals surface area contributed by atoms with Gasteiger partial charge >= 0.3 is 0 Å². The highest BCUT2D eigenvalue weighted by Gasteiger charge is 2.16. The monoisotopic (exact) mass is 310 g/mol. The minimum absolute atomic E-state index is 0.0648. The van der Waals surface area contributed by atoms with Gasteiger partial charge in [0.15, 0.2) is 0 Å². The summed E-state index contributed by atoms with van der Waals surface area (Å²) in [5.74, 6) is -0.662. The van der Waals surface area contributed by atoms with E-state index in [4.69, 9.17) is 16.9 Å². The van der Waals surface area contributed by atoms with E-state index in [-0.39, 0.29) is 21.2 Å². The third-order valence-corrected chi connectivity index (χ3v) is 4.14. The molecule has 4 nitrogen and oxygen atoms in total. The van der Waals surface area contributed by atoms with E-state index in [1.54, 1.807) is 0 Å². The molecule has 0 heterocycles. The minimum Gasteiger partial charge on any atom is -0.278 e. The molecule has 0 unspecified atom stereocenters. The second-order valence-corrected chi connectivity index (χ2v) is 5.96. The van der Waals surface area contributed by atoms with Crippen LogP contribution in [0, 0.1) is 17.1 Å². The molecule has 0 aliphatic heterocycles. The molecule has 0 saturated carbocycles. The molecule has 0 bridgehead atoms. The van der Waals surface area contributed by atoms with Crippen LogP contribution in [0.4, 0.5) is 10.1 Å². The Kier molecular flexibility index (Phi) is 3.93. The standard InChI is InChI=1S/C13H8ClFN2O2S/c14-12-5-4-9(8-16)6-13(12)17-20(18,19)11-3-1-2-10(15)7-11/h1-7,17H. The molecule has 1 N–H and O–H groups in total. The number of halogens is 2. The molecule has 0 atom stereocenters. The fraction of sp³-hybridized carbons (Fsp3) is 0. The van der Waals surface area contributed by atoms with Crippen LogP contribution >= 0.6 is 11.6 Å². The van der Waals surface area contributed by atoms with Gasteiger partial charge in [0.1, 0.15) is 5.82 Å². The van der Waals surface area contributed by atoms with E-state index >= 15 is 0 Å². The summed E-state index contributed by atoms with van der Waals surface area (Å²) in [6.45, 7) is 0. The Labute approximate surface area is 120 Å². The molecule has 0 radical (unpaired) electrons. The molecule has 0 aliphatic carbocycles. The number of nitriles is 1. The molecule has 0 amide bonds. The number of nitrogens with zero attached hydrogens (tertiary/aromatic N) is 1. The van der Waals surface area contributed by atoms with Crippen molar-refractivity contribution < 1.29 is 12.8 Å². The number of anilines is 1. The van der Waals surface area contributed by atoms with Gasteiger partial charge in [-0.2, -0.15) is 5.26 Å². The highest BCUT2D eigenvalue weighted by molar-refractivity contribution is 7.92. The predicted molar refractivity (Wildman–Crippen MR) is 73.4 cm³/mol. The van der Waals surface area contributed by atoms with Crippen molar-refractivity contribution in [3.8, 4) is 6.07 Å². The van der Waals surface area contributed by atoms with Gasteiger partial charge in [-0.3, -0.25) is 4.72 Å². The van der Waals surface area contributed by atoms with Crippen LogP contribution in [0.5, 0.6) is 0 Å². The molecule has 0 saturated heterocycles. The van der Waals surface area contributed by atoms with E-state index < -0.39 is 15.8 Å². The normalized spacial score (nSPS) is 10.8. The van der Waals surface area contributed by atoms with Gasteiger partial charge in [-0.1, -0.05) is 17.7 Å². The predicted octanol–water partition coefficient (Wildman–Crippen LogP) is 3.15. The summed E-state index contributed by atoms with van der Waals surface area (Å²) in [5.41, 5.74) is 0.321. The molecule has 0 aliphatic rings. The highest BCUT2D eigenvalue weighted by Crippen LogP contribution is 2.25. The van der Waals surface area contributed by atoms with Crippen molar-refractivity contribution in [1.29, 1.82) is 5.26 Å². The van der Waals surface area contributed by atoms with Crippen LogP contribution in [0.1, 0.15) is 5.56 Å². The molecule has 102 valence electrons. The second-order valence-electron chi connectivity index (χ2n) is 3.87. The zero-order chi connectivity index (χ0) is 14.8. The number of hydrogen-bond donors (Lipinski definition) is 1. The fourth-order valence-electron chi connectivity index (χ4n) is 1.51. The quantitative estimate of drug-likeness (QED) is 0.946. The SMILES string of the molecule is N#Cc1ccc(Cl)c(NS(=O)(=O)c2cccc(F)c2)c1. The van der Waals surface area contributed by atoms with E-state index in [0.717, 1.165) is 12.1 Å². The average Bonchev–Trinajstić information content (AvgIpc) is 2.41. The molecule has 2 aromatic carbocycles. The Bertz CT molecular complexity index is 800. The molecule has 20 heavy (non-hydrogen) atoms. The van der Waals surface area contributed by atoms with E-state index in [0.29, 0.717) is 0 Å². The van der Waals surface area contributed by atoms with Crippen LogP contribution in [-0.4, -0.2) is 8.42 Å². The largest absolute Gasteiger partial charge is 0.278 e. The van der Waals surface area contributed by atoms with Crippen LogP contribution in [0.3, 0.4) is 0 Å². The summed E-state index contributed by atoms with van der Waals surface area (Å²) in [6.07, 6.45) is 0. The lowest BCUT2D eigenvalue weighted by molar-refractivity contribution is 0.595. The number of sulfonamides is 1. The van der Waals surface area contributed by atoms with Gasteiger partial charge in [0.2, 0.25) is 0 Å². The average molecular weight is 311 g/mol. The Morgan fingerprint density at radius 1 is 1.20 bits per heavy atom. The zero-order valence-electron chi connectivity index (χ0n) is 9.97. The third kappa shape index (κ3) is 3.07. The minimum atomic E-state index is -3.97. The maximum Gasteiger partial charge on any atom is 0.262 e. The molecular formula is C13H8ClFN2O2S.